The summed E-state index contributed by atoms with van der Waals surface area (Å²) in [5, 5.41) is 17.1. The minimum atomic E-state index is -1.25. The number of rotatable bonds is 19. The number of carbonyl (C=O) groups excluding carboxylic acids is 4. The van der Waals surface area contributed by atoms with Crippen LogP contribution in [0.2, 0.25) is 0 Å². The molecule has 0 rings (SSSR count). The summed E-state index contributed by atoms with van der Waals surface area (Å²) >= 11 is 1.51. The summed E-state index contributed by atoms with van der Waals surface area (Å²) in [5.74, 6) is -3.44. The summed E-state index contributed by atoms with van der Waals surface area (Å²) in [6.45, 7) is 3.84. The fourth-order valence-electron chi connectivity index (χ4n) is 3.22. The molecule has 0 aromatic rings. The maximum Gasteiger partial charge on any atom is 0.326 e. The van der Waals surface area contributed by atoms with E-state index in [1.807, 2.05) is 20.1 Å². The maximum atomic E-state index is 13.1. The largest absolute Gasteiger partial charge is 0.480 e. The van der Waals surface area contributed by atoms with Gasteiger partial charge in [0.2, 0.25) is 23.6 Å². The van der Waals surface area contributed by atoms with Gasteiger partial charge in [-0.25, -0.2) is 4.79 Å². The van der Waals surface area contributed by atoms with Gasteiger partial charge in [-0.1, -0.05) is 13.8 Å². The third-order valence-electron chi connectivity index (χ3n) is 5.18. The van der Waals surface area contributed by atoms with Gasteiger partial charge in [-0.3, -0.25) is 24.2 Å². The van der Waals surface area contributed by atoms with Crippen molar-refractivity contribution in [1.29, 1.82) is 0 Å². The predicted octanol–water partition coefficient (Wildman–Crippen LogP) is -2.03. The Bertz CT molecular complexity index is 806. The minimum Gasteiger partial charge on any atom is -0.480 e. The van der Waals surface area contributed by atoms with Crippen molar-refractivity contribution in [2.24, 2.45) is 33.8 Å². The van der Waals surface area contributed by atoms with Crippen LogP contribution >= 0.6 is 11.8 Å². The highest BCUT2D eigenvalue weighted by atomic mass is 32.2. The molecule has 0 aliphatic heterocycles. The van der Waals surface area contributed by atoms with E-state index in [1.54, 1.807) is 0 Å². The summed E-state index contributed by atoms with van der Waals surface area (Å²) in [6, 6.07) is -4.35. The van der Waals surface area contributed by atoms with Gasteiger partial charge in [0.15, 0.2) is 5.96 Å². The molecule has 4 amide bonds. The lowest BCUT2D eigenvalue weighted by Gasteiger charge is -2.26. The standard InChI is InChI=1S/C22H42N8O6S/c1-12(2)11-16(20(34)29-15(21(35)36)5-4-9-27-22(25)26)30-19(33)14(6-7-17(24)31)28-18(32)13(23)8-10-37-3/h12-16H,4-11,23H2,1-3H3,(H2,24,31)(H,28,32)(H,29,34)(H,30,33)(H,35,36)(H4,25,26,27). The summed E-state index contributed by atoms with van der Waals surface area (Å²) in [6.07, 6.45) is 2.53. The average molecular weight is 547 g/mol. The first-order valence-corrected chi connectivity index (χ1v) is 13.4. The quantitative estimate of drug-likeness (QED) is 0.0500. The molecule has 0 saturated heterocycles. The first-order valence-electron chi connectivity index (χ1n) is 12.0. The molecular weight excluding hydrogens is 504 g/mol. The van der Waals surface area contributed by atoms with Crippen LogP contribution in [0.3, 0.4) is 0 Å². The summed E-state index contributed by atoms with van der Waals surface area (Å²) in [7, 11) is 0. The Morgan fingerprint density at radius 2 is 1.43 bits per heavy atom. The molecule has 37 heavy (non-hydrogen) atoms. The van der Waals surface area contributed by atoms with Gasteiger partial charge in [-0.2, -0.15) is 11.8 Å². The van der Waals surface area contributed by atoms with E-state index in [2.05, 4.69) is 20.9 Å². The van der Waals surface area contributed by atoms with Crippen molar-refractivity contribution in [3.05, 3.63) is 0 Å². The lowest BCUT2D eigenvalue weighted by atomic mass is 10.0. The lowest BCUT2D eigenvalue weighted by Crippen LogP contribution is -2.57. The lowest BCUT2D eigenvalue weighted by molar-refractivity contribution is -0.142. The zero-order chi connectivity index (χ0) is 28.5. The fraction of sp³-hybridized carbons (Fsp3) is 0.727. The first kappa shape index (κ1) is 33.9. The Kier molecular flexibility index (Phi) is 16.7. The van der Waals surface area contributed by atoms with Crippen LogP contribution in [-0.2, 0) is 24.0 Å². The zero-order valence-electron chi connectivity index (χ0n) is 21.7. The third-order valence-corrected chi connectivity index (χ3v) is 5.83. The molecular formula is C22H42N8O6S. The van der Waals surface area contributed by atoms with E-state index in [0.717, 1.165) is 0 Å². The summed E-state index contributed by atoms with van der Waals surface area (Å²) in [4.78, 5) is 65.3. The molecule has 0 bridgehead atoms. The number of hydrogen-bond donors (Lipinski definition) is 8. The number of hydrogen-bond acceptors (Lipinski definition) is 8. The topological polar surface area (TPSA) is 258 Å². The SMILES string of the molecule is CSCCC(N)C(=O)NC(CCC(N)=O)C(=O)NC(CC(C)C)C(=O)NC(CCCN=C(N)N)C(=O)O. The predicted molar refractivity (Wildman–Crippen MR) is 142 cm³/mol. The molecule has 0 heterocycles. The highest BCUT2D eigenvalue weighted by molar-refractivity contribution is 7.98. The van der Waals surface area contributed by atoms with Crippen molar-refractivity contribution in [2.45, 2.75) is 76.5 Å². The molecule has 4 atom stereocenters. The Balaban J connectivity index is 5.50. The van der Waals surface area contributed by atoms with Crippen LogP contribution in [0.5, 0.6) is 0 Å². The van der Waals surface area contributed by atoms with Gasteiger partial charge < -0.3 is 44.0 Å². The number of aliphatic imine (C=N–C) groups is 1. The van der Waals surface area contributed by atoms with Crippen LogP contribution in [0.15, 0.2) is 4.99 Å². The number of nitrogens with one attached hydrogen (secondary N) is 3. The van der Waals surface area contributed by atoms with E-state index in [9.17, 15) is 29.1 Å². The normalized spacial score (nSPS) is 14.1. The number of nitrogens with two attached hydrogens (primary N) is 4. The van der Waals surface area contributed by atoms with E-state index in [0.29, 0.717) is 18.6 Å². The smallest absolute Gasteiger partial charge is 0.326 e. The monoisotopic (exact) mass is 546 g/mol. The van der Waals surface area contributed by atoms with Gasteiger partial charge >= 0.3 is 5.97 Å². The molecule has 4 unspecified atom stereocenters. The second-order valence-electron chi connectivity index (χ2n) is 8.99. The molecule has 0 fully saturated rings. The van der Waals surface area contributed by atoms with Gasteiger partial charge in [-0.05, 0) is 50.0 Å². The highest BCUT2D eigenvalue weighted by Gasteiger charge is 2.30. The number of carboxylic acids is 1. The molecule has 0 aromatic heterocycles. The number of carboxylic acid groups (broad SMARTS) is 1. The summed E-state index contributed by atoms with van der Waals surface area (Å²) in [5.41, 5.74) is 21.6. The van der Waals surface area contributed by atoms with Crippen LogP contribution in [0.25, 0.3) is 0 Å². The van der Waals surface area contributed by atoms with E-state index in [-0.39, 0.29) is 44.1 Å². The number of primary amides is 1. The van der Waals surface area contributed by atoms with E-state index < -0.39 is 53.8 Å². The van der Waals surface area contributed by atoms with E-state index in [4.69, 9.17) is 22.9 Å². The Labute approximate surface area is 221 Å². The van der Waals surface area contributed by atoms with Gasteiger partial charge in [0, 0.05) is 13.0 Å². The number of amides is 4. The van der Waals surface area contributed by atoms with Crippen LogP contribution in [0.1, 0.15) is 52.4 Å². The third kappa shape index (κ3) is 15.6. The second-order valence-corrected chi connectivity index (χ2v) is 9.98. The van der Waals surface area contributed by atoms with Crippen LogP contribution in [-0.4, -0.2) is 83.4 Å². The molecule has 14 nitrogen and oxygen atoms in total. The molecule has 0 aliphatic carbocycles. The van der Waals surface area contributed by atoms with Gasteiger partial charge in [0.1, 0.15) is 18.1 Å². The van der Waals surface area contributed by atoms with Crippen LogP contribution in [0.4, 0.5) is 0 Å². The molecule has 0 saturated carbocycles. The molecule has 0 aromatic carbocycles. The molecule has 0 spiro atoms. The van der Waals surface area contributed by atoms with Crippen molar-refractivity contribution in [1.82, 2.24) is 16.0 Å². The summed E-state index contributed by atoms with van der Waals surface area (Å²) < 4.78 is 0. The number of carbonyl (C=O) groups is 5. The Morgan fingerprint density at radius 3 is 1.95 bits per heavy atom. The van der Waals surface area contributed by atoms with Crippen molar-refractivity contribution >= 4 is 47.3 Å². The van der Waals surface area contributed by atoms with Crippen LogP contribution in [0, 0.1) is 5.92 Å². The molecule has 0 radical (unpaired) electrons. The Hall–Kier alpha value is -3.07. The maximum absolute atomic E-state index is 13.1. The zero-order valence-corrected chi connectivity index (χ0v) is 22.5. The van der Waals surface area contributed by atoms with Crippen molar-refractivity contribution < 1.29 is 29.1 Å². The molecule has 15 heteroatoms. The molecule has 212 valence electrons. The second kappa shape index (κ2) is 18.2. The van der Waals surface area contributed by atoms with Gasteiger partial charge in [-0.15, -0.1) is 0 Å². The minimum absolute atomic E-state index is 0.0418. The molecule has 12 N–H and O–H groups in total. The fourth-order valence-corrected chi connectivity index (χ4v) is 3.71. The molecule has 0 aliphatic rings. The van der Waals surface area contributed by atoms with Crippen molar-refractivity contribution in [3.8, 4) is 0 Å². The van der Waals surface area contributed by atoms with Crippen molar-refractivity contribution in [2.75, 3.05) is 18.6 Å². The number of aliphatic carboxylic acids is 1. The average Bonchev–Trinajstić information content (AvgIpc) is 2.80. The van der Waals surface area contributed by atoms with Crippen LogP contribution < -0.4 is 38.9 Å². The van der Waals surface area contributed by atoms with Gasteiger partial charge in [0.05, 0.1) is 6.04 Å². The number of thioether (sulfide) groups is 1. The Morgan fingerprint density at radius 1 is 0.865 bits per heavy atom. The van der Waals surface area contributed by atoms with Crippen molar-refractivity contribution in [3.63, 3.8) is 0 Å². The highest BCUT2D eigenvalue weighted by Crippen LogP contribution is 2.09. The first-order chi connectivity index (χ1) is 17.3. The van der Waals surface area contributed by atoms with E-state index >= 15 is 0 Å². The number of guanidine groups is 1. The van der Waals surface area contributed by atoms with Gasteiger partial charge in [0.25, 0.3) is 0 Å². The number of nitrogens with zero attached hydrogens (tertiary/aromatic N) is 1. The van der Waals surface area contributed by atoms with E-state index in [1.165, 1.54) is 11.8 Å².